The van der Waals surface area contributed by atoms with Gasteiger partial charge in [-0.05, 0) is 36.8 Å². The van der Waals surface area contributed by atoms with Gasteiger partial charge in [0.15, 0.2) is 5.11 Å². The maximum Gasteiger partial charge on any atom is 0.166 e. The lowest BCUT2D eigenvalue weighted by Gasteiger charge is -2.16. The maximum atomic E-state index is 5.15. The van der Waals surface area contributed by atoms with Gasteiger partial charge in [-0.1, -0.05) is 0 Å². The summed E-state index contributed by atoms with van der Waals surface area (Å²) in [7, 11) is 1.66. The van der Waals surface area contributed by atoms with E-state index in [1.807, 2.05) is 12.1 Å². The summed E-state index contributed by atoms with van der Waals surface area (Å²) in [4.78, 5) is 3.97. The smallest absolute Gasteiger partial charge is 0.166 e. The summed E-state index contributed by atoms with van der Waals surface area (Å²) in [6.07, 6.45) is 3.55. The minimum atomic E-state index is 0.172. The lowest BCUT2D eigenvalue weighted by Crippen LogP contribution is -2.38. The molecule has 0 saturated carbocycles. The van der Waals surface area contributed by atoms with Crippen molar-refractivity contribution in [1.82, 2.24) is 15.6 Å². The standard InChI is InChI=1S/C11H17N3OS/c1-9(10-3-5-12-6-4-10)14-11(16)13-7-8-15-2/h3-6,9H,7-8H2,1-2H3,(H2,13,14,16)/t9-/m0/s1. The Kier molecular flexibility index (Phi) is 5.74. The molecule has 0 unspecified atom stereocenters. The first-order chi connectivity index (χ1) is 7.74. The Bertz CT molecular complexity index is 318. The molecule has 5 heteroatoms. The first kappa shape index (κ1) is 12.9. The van der Waals surface area contributed by atoms with Crippen molar-refractivity contribution in [1.29, 1.82) is 0 Å². The maximum absolute atomic E-state index is 5.15. The summed E-state index contributed by atoms with van der Waals surface area (Å²) in [5.74, 6) is 0. The Morgan fingerprint density at radius 2 is 2.19 bits per heavy atom. The summed E-state index contributed by atoms with van der Waals surface area (Å²) in [5.41, 5.74) is 1.16. The van der Waals surface area contributed by atoms with Gasteiger partial charge in [-0.2, -0.15) is 0 Å². The SMILES string of the molecule is COCCNC(=S)N[C@@H](C)c1ccncc1. The van der Waals surface area contributed by atoms with Gasteiger partial charge in [-0.15, -0.1) is 0 Å². The number of aromatic nitrogens is 1. The molecule has 1 aromatic heterocycles. The molecule has 0 amide bonds. The molecule has 1 rings (SSSR count). The minimum Gasteiger partial charge on any atom is -0.383 e. The quantitative estimate of drug-likeness (QED) is 0.598. The normalized spacial score (nSPS) is 11.9. The molecule has 0 saturated heterocycles. The molecule has 0 aromatic carbocycles. The summed E-state index contributed by atoms with van der Waals surface area (Å²) < 4.78 is 4.92. The third-order valence-corrected chi connectivity index (χ3v) is 2.41. The fourth-order valence-electron chi connectivity index (χ4n) is 1.25. The van der Waals surface area contributed by atoms with Crippen molar-refractivity contribution in [3.8, 4) is 0 Å². The Morgan fingerprint density at radius 1 is 1.50 bits per heavy atom. The van der Waals surface area contributed by atoms with Crippen LogP contribution >= 0.6 is 12.2 Å². The third-order valence-electron chi connectivity index (χ3n) is 2.15. The lowest BCUT2D eigenvalue weighted by atomic mass is 10.1. The Balaban J connectivity index is 2.34. The summed E-state index contributed by atoms with van der Waals surface area (Å²) in [6.45, 7) is 3.41. The molecule has 4 nitrogen and oxygen atoms in total. The zero-order valence-corrected chi connectivity index (χ0v) is 10.4. The highest BCUT2D eigenvalue weighted by molar-refractivity contribution is 7.80. The molecule has 0 bridgehead atoms. The molecule has 0 spiro atoms. The highest BCUT2D eigenvalue weighted by Gasteiger charge is 2.05. The molecule has 1 heterocycles. The van der Waals surface area contributed by atoms with Crippen molar-refractivity contribution in [2.45, 2.75) is 13.0 Å². The van der Waals surface area contributed by atoms with Crippen molar-refractivity contribution in [2.24, 2.45) is 0 Å². The number of nitrogens with zero attached hydrogens (tertiary/aromatic N) is 1. The largest absolute Gasteiger partial charge is 0.383 e. The topological polar surface area (TPSA) is 46.2 Å². The summed E-state index contributed by atoms with van der Waals surface area (Å²) in [5, 5.41) is 6.90. The van der Waals surface area contributed by atoms with E-state index in [4.69, 9.17) is 17.0 Å². The Labute approximate surface area is 101 Å². The van der Waals surface area contributed by atoms with Gasteiger partial charge in [0.2, 0.25) is 0 Å². The molecule has 2 N–H and O–H groups in total. The van der Waals surface area contributed by atoms with Crippen LogP contribution in [0.3, 0.4) is 0 Å². The van der Waals surface area contributed by atoms with E-state index < -0.39 is 0 Å². The summed E-state index contributed by atoms with van der Waals surface area (Å²) >= 11 is 5.15. The fourth-order valence-corrected chi connectivity index (χ4v) is 1.53. The average Bonchev–Trinajstić information content (AvgIpc) is 2.30. The van der Waals surface area contributed by atoms with E-state index in [9.17, 15) is 0 Å². The van der Waals surface area contributed by atoms with Crippen molar-refractivity contribution >= 4 is 17.3 Å². The number of pyridine rings is 1. The van der Waals surface area contributed by atoms with Gasteiger partial charge in [-0.25, -0.2) is 0 Å². The molecular formula is C11H17N3OS. The number of hydrogen-bond donors (Lipinski definition) is 2. The van der Waals surface area contributed by atoms with E-state index in [1.165, 1.54) is 0 Å². The predicted octanol–water partition coefficient (Wildman–Crippen LogP) is 1.25. The van der Waals surface area contributed by atoms with Gasteiger partial charge >= 0.3 is 0 Å². The molecule has 0 aliphatic carbocycles. The highest BCUT2D eigenvalue weighted by Crippen LogP contribution is 2.09. The first-order valence-electron chi connectivity index (χ1n) is 5.17. The molecule has 0 aliphatic rings. The number of hydrogen-bond acceptors (Lipinski definition) is 3. The van der Waals surface area contributed by atoms with E-state index in [0.717, 1.165) is 5.56 Å². The van der Waals surface area contributed by atoms with Gasteiger partial charge in [0.1, 0.15) is 0 Å². The van der Waals surface area contributed by atoms with Gasteiger partial charge in [0.25, 0.3) is 0 Å². The Hall–Kier alpha value is -1.20. The van der Waals surface area contributed by atoms with Crippen molar-refractivity contribution in [2.75, 3.05) is 20.3 Å². The number of thiocarbonyl (C=S) groups is 1. The van der Waals surface area contributed by atoms with Crippen LogP contribution in [0.4, 0.5) is 0 Å². The first-order valence-corrected chi connectivity index (χ1v) is 5.58. The average molecular weight is 239 g/mol. The van der Waals surface area contributed by atoms with E-state index in [-0.39, 0.29) is 6.04 Å². The number of nitrogens with one attached hydrogen (secondary N) is 2. The number of methoxy groups -OCH3 is 1. The molecule has 1 atom stereocenters. The van der Waals surface area contributed by atoms with Crippen LogP contribution in [0.2, 0.25) is 0 Å². The molecule has 1 aromatic rings. The van der Waals surface area contributed by atoms with Crippen LogP contribution < -0.4 is 10.6 Å². The molecular weight excluding hydrogens is 222 g/mol. The van der Waals surface area contributed by atoms with Crippen LogP contribution in [-0.2, 0) is 4.74 Å². The number of ether oxygens (including phenoxy) is 1. The summed E-state index contributed by atoms with van der Waals surface area (Å²) in [6, 6.07) is 4.11. The van der Waals surface area contributed by atoms with E-state index in [1.54, 1.807) is 19.5 Å². The zero-order chi connectivity index (χ0) is 11.8. The lowest BCUT2D eigenvalue weighted by molar-refractivity contribution is 0.204. The Morgan fingerprint density at radius 3 is 2.81 bits per heavy atom. The molecule has 16 heavy (non-hydrogen) atoms. The predicted molar refractivity (Wildman–Crippen MR) is 68.3 cm³/mol. The van der Waals surface area contributed by atoms with Crippen LogP contribution in [-0.4, -0.2) is 30.4 Å². The second kappa shape index (κ2) is 7.14. The third kappa shape index (κ3) is 4.55. The van der Waals surface area contributed by atoms with E-state index in [2.05, 4.69) is 22.5 Å². The van der Waals surface area contributed by atoms with Crippen LogP contribution in [0.15, 0.2) is 24.5 Å². The van der Waals surface area contributed by atoms with E-state index >= 15 is 0 Å². The molecule has 0 radical (unpaired) electrons. The minimum absolute atomic E-state index is 0.172. The van der Waals surface area contributed by atoms with Gasteiger partial charge < -0.3 is 15.4 Å². The van der Waals surface area contributed by atoms with Gasteiger partial charge in [0.05, 0.1) is 12.6 Å². The monoisotopic (exact) mass is 239 g/mol. The van der Waals surface area contributed by atoms with Gasteiger partial charge in [0, 0.05) is 26.0 Å². The van der Waals surface area contributed by atoms with Crippen LogP contribution in [0.1, 0.15) is 18.5 Å². The van der Waals surface area contributed by atoms with Crippen molar-refractivity contribution < 1.29 is 4.74 Å². The second-order valence-electron chi connectivity index (χ2n) is 3.40. The van der Waals surface area contributed by atoms with Crippen LogP contribution in [0.5, 0.6) is 0 Å². The zero-order valence-electron chi connectivity index (χ0n) is 9.56. The van der Waals surface area contributed by atoms with Gasteiger partial charge in [-0.3, -0.25) is 4.98 Å². The van der Waals surface area contributed by atoms with Crippen LogP contribution in [0.25, 0.3) is 0 Å². The molecule has 0 aliphatic heterocycles. The molecule has 88 valence electrons. The van der Waals surface area contributed by atoms with Crippen molar-refractivity contribution in [3.63, 3.8) is 0 Å². The highest BCUT2D eigenvalue weighted by atomic mass is 32.1. The second-order valence-corrected chi connectivity index (χ2v) is 3.80. The van der Waals surface area contributed by atoms with E-state index in [0.29, 0.717) is 18.3 Å². The van der Waals surface area contributed by atoms with Crippen LogP contribution in [0, 0.1) is 0 Å². The number of rotatable bonds is 5. The fraction of sp³-hybridized carbons (Fsp3) is 0.455. The molecule has 0 fully saturated rings. The van der Waals surface area contributed by atoms with Crippen molar-refractivity contribution in [3.05, 3.63) is 30.1 Å².